The fourth-order valence-electron chi connectivity index (χ4n) is 4.40. The molecule has 0 aliphatic carbocycles. The fraction of sp³-hybridized carbons (Fsp3) is 0.476. The number of hydrogen-bond donors (Lipinski definition) is 2. The maximum atomic E-state index is 3.84. The van der Waals surface area contributed by atoms with Crippen LogP contribution in [0.15, 0.2) is 36.4 Å². The van der Waals surface area contributed by atoms with Gasteiger partial charge in [-0.25, -0.2) is 4.99 Å². The van der Waals surface area contributed by atoms with Crippen LogP contribution in [-0.2, 0) is 6.42 Å². The van der Waals surface area contributed by atoms with Gasteiger partial charge in [-0.15, -0.1) is 0 Å². The minimum Gasteiger partial charge on any atom is -1.00 e. The second-order valence-electron chi connectivity index (χ2n) is 7.93. The number of benzene rings is 2. The van der Waals surface area contributed by atoms with Crippen molar-refractivity contribution in [3.63, 3.8) is 0 Å². The van der Waals surface area contributed by atoms with Gasteiger partial charge in [0.2, 0.25) is 0 Å². The lowest BCUT2D eigenvalue weighted by molar-refractivity contribution is -0.886. The number of halogens is 2. The topological polar surface area (TPSA) is 18.4 Å². The summed E-state index contributed by atoms with van der Waals surface area (Å²) in [6.07, 6.45) is 5.09. The van der Waals surface area contributed by atoms with Gasteiger partial charge in [-0.05, 0) is 22.4 Å². The molecule has 1 saturated heterocycles. The Hall–Kier alpha value is -1.09. The predicted octanol–water partition coefficient (Wildman–Crippen LogP) is -4.88. The largest absolute Gasteiger partial charge is 1.00 e. The molecule has 25 heavy (non-hydrogen) atoms. The molecule has 0 spiro atoms. The first-order valence-electron chi connectivity index (χ1n) is 9.11. The van der Waals surface area contributed by atoms with Crippen molar-refractivity contribution < 1.29 is 34.7 Å². The van der Waals surface area contributed by atoms with E-state index in [1.54, 1.807) is 10.5 Å². The van der Waals surface area contributed by atoms with Gasteiger partial charge in [0, 0.05) is 38.7 Å². The van der Waals surface area contributed by atoms with Gasteiger partial charge in [-0.3, -0.25) is 0 Å². The Bertz CT molecular complexity index is 762. The van der Waals surface area contributed by atoms with Crippen molar-refractivity contribution in [2.45, 2.75) is 45.1 Å². The van der Waals surface area contributed by atoms with Gasteiger partial charge >= 0.3 is 0 Å². The van der Waals surface area contributed by atoms with Crippen molar-refractivity contribution in [2.24, 2.45) is 0 Å². The standard InChI is InChI=1S/C21H26N2.2ClH/c1-21(2)15-19-17-8-4-3-7-16(17)9-10-18(19)20(22-21)11-14-23-12-5-6-13-23;;/h3-4,7-10H,5-6,11-15H2,1-2H3;2*1H. The van der Waals surface area contributed by atoms with E-state index in [1.165, 1.54) is 60.9 Å². The van der Waals surface area contributed by atoms with Crippen molar-refractivity contribution in [3.8, 4) is 0 Å². The number of fused-ring (bicyclic) bond motifs is 3. The average molecular weight is 379 g/mol. The summed E-state index contributed by atoms with van der Waals surface area (Å²) in [6, 6.07) is 13.5. The van der Waals surface area contributed by atoms with E-state index in [2.05, 4.69) is 55.2 Å². The molecule has 2 heterocycles. The van der Waals surface area contributed by atoms with Gasteiger partial charge in [0.15, 0.2) is 11.3 Å². The summed E-state index contributed by atoms with van der Waals surface area (Å²) in [5.74, 6) is 0. The van der Waals surface area contributed by atoms with Crippen LogP contribution in [0.3, 0.4) is 0 Å². The summed E-state index contributed by atoms with van der Waals surface area (Å²) < 4.78 is 0. The molecule has 0 amide bonds. The summed E-state index contributed by atoms with van der Waals surface area (Å²) in [5, 5.41) is 2.80. The second-order valence-corrected chi connectivity index (χ2v) is 7.93. The van der Waals surface area contributed by atoms with Crippen LogP contribution >= 0.6 is 0 Å². The molecule has 0 atom stereocenters. The Morgan fingerprint density at radius 3 is 2.48 bits per heavy atom. The van der Waals surface area contributed by atoms with E-state index in [0.717, 1.165) is 6.42 Å². The van der Waals surface area contributed by atoms with Crippen LogP contribution in [0.5, 0.6) is 0 Å². The van der Waals surface area contributed by atoms with Crippen LogP contribution in [0, 0.1) is 0 Å². The Balaban J connectivity index is 0.00000113. The fourth-order valence-corrected chi connectivity index (χ4v) is 4.40. The highest BCUT2D eigenvalue weighted by Crippen LogP contribution is 2.27. The molecule has 0 bridgehead atoms. The molecule has 1 fully saturated rings. The molecule has 0 unspecified atom stereocenters. The van der Waals surface area contributed by atoms with Crippen LogP contribution in [0.2, 0.25) is 0 Å². The molecular formula is C21H28Cl2N2. The second kappa shape index (κ2) is 8.07. The third kappa shape index (κ3) is 4.19. The molecule has 2 aliphatic rings. The van der Waals surface area contributed by atoms with Gasteiger partial charge in [-0.1, -0.05) is 30.3 Å². The first kappa shape index (κ1) is 20.2. The zero-order valence-electron chi connectivity index (χ0n) is 15.2. The van der Waals surface area contributed by atoms with E-state index in [0.29, 0.717) is 0 Å². The number of likely N-dealkylation sites (tertiary alicyclic amines) is 1. The first-order chi connectivity index (χ1) is 11.1. The van der Waals surface area contributed by atoms with Crippen LogP contribution in [0.25, 0.3) is 10.8 Å². The van der Waals surface area contributed by atoms with Crippen LogP contribution in [-0.4, -0.2) is 30.9 Å². The SMILES string of the molecule is CC1(C)Cc2c(ccc3ccccc23)C(CC[NH+]2CCCC2)=[NH+]1.[Cl-].[Cl-]. The summed E-state index contributed by atoms with van der Waals surface area (Å²) in [7, 11) is 0. The smallest absolute Gasteiger partial charge is 0.188 e. The van der Waals surface area contributed by atoms with Crippen LogP contribution < -0.4 is 34.7 Å². The number of rotatable bonds is 3. The van der Waals surface area contributed by atoms with Crippen molar-refractivity contribution >= 4 is 16.5 Å². The third-order valence-corrected chi connectivity index (χ3v) is 5.51. The Morgan fingerprint density at radius 2 is 1.72 bits per heavy atom. The molecule has 2 aliphatic heterocycles. The minimum absolute atomic E-state index is 0. The summed E-state index contributed by atoms with van der Waals surface area (Å²) in [6.45, 7) is 8.66. The number of nitrogens with one attached hydrogen (secondary N) is 2. The highest BCUT2D eigenvalue weighted by Gasteiger charge is 2.34. The normalized spacial score (nSPS) is 18.9. The molecule has 2 N–H and O–H groups in total. The quantitative estimate of drug-likeness (QED) is 0.533. The van der Waals surface area contributed by atoms with Crippen LogP contribution in [0.1, 0.15) is 44.2 Å². The Morgan fingerprint density at radius 1 is 1.00 bits per heavy atom. The van der Waals surface area contributed by atoms with Crippen molar-refractivity contribution in [1.29, 1.82) is 0 Å². The van der Waals surface area contributed by atoms with Crippen molar-refractivity contribution in [1.82, 2.24) is 0 Å². The Labute approximate surface area is 163 Å². The molecule has 0 radical (unpaired) electrons. The van der Waals surface area contributed by atoms with Gasteiger partial charge in [0.05, 0.1) is 26.1 Å². The molecular weight excluding hydrogens is 351 g/mol. The van der Waals surface area contributed by atoms with E-state index in [-0.39, 0.29) is 30.4 Å². The van der Waals surface area contributed by atoms with E-state index in [9.17, 15) is 0 Å². The summed E-state index contributed by atoms with van der Waals surface area (Å²) >= 11 is 0. The van der Waals surface area contributed by atoms with Crippen LogP contribution in [0.4, 0.5) is 0 Å². The zero-order valence-corrected chi connectivity index (χ0v) is 16.7. The number of hydrogen-bond acceptors (Lipinski definition) is 0. The molecule has 2 aromatic rings. The molecule has 2 aromatic carbocycles. The first-order valence-corrected chi connectivity index (χ1v) is 9.11. The third-order valence-electron chi connectivity index (χ3n) is 5.51. The van der Waals surface area contributed by atoms with E-state index in [4.69, 9.17) is 0 Å². The van der Waals surface area contributed by atoms with Gasteiger partial charge < -0.3 is 29.7 Å². The van der Waals surface area contributed by atoms with Gasteiger partial charge in [0.1, 0.15) is 0 Å². The Kier molecular flexibility index (Phi) is 6.53. The monoisotopic (exact) mass is 378 g/mol. The maximum Gasteiger partial charge on any atom is 0.188 e. The lowest BCUT2D eigenvalue weighted by atomic mass is 9.83. The van der Waals surface area contributed by atoms with Crippen molar-refractivity contribution in [2.75, 3.05) is 19.6 Å². The number of quaternary nitrogens is 1. The average Bonchev–Trinajstić information content (AvgIpc) is 3.05. The van der Waals surface area contributed by atoms with Gasteiger partial charge in [0.25, 0.3) is 0 Å². The molecule has 0 saturated carbocycles. The molecule has 2 nitrogen and oxygen atoms in total. The lowest BCUT2D eigenvalue weighted by Crippen LogP contribution is -3.10. The van der Waals surface area contributed by atoms with E-state index < -0.39 is 0 Å². The summed E-state index contributed by atoms with van der Waals surface area (Å²) in [4.78, 5) is 5.62. The van der Waals surface area contributed by atoms with E-state index >= 15 is 0 Å². The van der Waals surface area contributed by atoms with Gasteiger partial charge in [-0.2, -0.15) is 0 Å². The molecule has 4 heteroatoms. The summed E-state index contributed by atoms with van der Waals surface area (Å²) in [5.41, 5.74) is 4.61. The molecule has 4 rings (SSSR count). The van der Waals surface area contributed by atoms with E-state index in [1.807, 2.05) is 0 Å². The predicted molar refractivity (Wildman–Crippen MR) is 96.2 cm³/mol. The minimum atomic E-state index is 0. The molecule has 136 valence electrons. The zero-order chi connectivity index (χ0) is 15.9. The van der Waals surface area contributed by atoms with Crippen molar-refractivity contribution in [3.05, 3.63) is 47.5 Å². The highest BCUT2D eigenvalue weighted by atomic mass is 35.5. The molecule has 0 aromatic heterocycles. The maximum absolute atomic E-state index is 3.84. The highest BCUT2D eigenvalue weighted by molar-refractivity contribution is 6.03. The lowest BCUT2D eigenvalue weighted by Gasteiger charge is -2.25.